The van der Waals surface area contributed by atoms with Crippen LogP contribution >= 0.6 is 0 Å². The normalized spacial score (nSPS) is 12.5. The monoisotopic (exact) mass is 217 g/mol. The van der Waals surface area contributed by atoms with Crippen LogP contribution in [-0.2, 0) is 0 Å². The van der Waals surface area contributed by atoms with Crippen LogP contribution in [0.25, 0.3) is 0 Å². The molecule has 0 aliphatic rings. The second-order valence-electron chi connectivity index (χ2n) is 2.88. The first kappa shape index (κ1) is 11.3. The largest absolute Gasteiger partial charge is 0.476 e. The lowest BCUT2D eigenvalue weighted by Crippen LogP contribution is -2.24. The number of carbonyl (C=O) groups is 1. The quantitative estimate of drug-likeness (QED) is 0.793. The van der Waals surface area contributed by atoms with Crippen LogP contribution in [0.2, 0.25) is 0 Å². The summed E-state index contributed by atoms with van der Waals surface area (Å²) < 4.78 is 24.2. The lowest BCUT2D eigenvalue weighted by molar-refractivity contribution is 0.0689. The molecule has 1 atom stereocenters. The Morgan fingerprint density at radius 1 is 1.47 bits per heavy atom. The van der Waals surface area contributed by atoms with Crippen molar-refractivity contribution in [2.24, 2.45) is 0 Å². The van der Waals surface area contributed by atoms with E-state index in [1.54, 1.807) is 0 Å². The van der Waals surface area contributed by atoms with Gasteiger partial charge in [0.2, 0.25) is 0 Å². The molecule has 0 aromatic carbocycles. The predicted molar refractivity (Wildman–Crippen MR) is 48.1 cm³/mol. The maximum Gasteiger partial charge on any atom is 0.356 e. The number of aromatic nitrogens is 2. The first-order valence-electron chi connectivity index (χ1n) is 4.12. The van der Waals surface area contributed by atoms with E-state index in [4.69, 9.17) is 5.11 Å². The van der Waals surface area contributed by atoms with Gasteiger partial charge in [0.15, 0.2) is 5.69 Å². The van der Waals surface area contributed by atoms with Crippen molar-refractivity contribution in [2.45, 2.75) is 19.4 Å². The Labute approximate surface area is 84.1 Å². The first-order valence-corrected chi connectivity index (χ1v) is 4.12. The van der Waals surface area contributed by atoms with Gasteiger partial charge in [0.1, 0.15) is 5.82 Å². The number of nitrogens with one attached hydrogen (secondary N) is 1. The average Bonchev–Trinajstić information content (AvgIpc) is 2.18. The van der Waals surface area contributed by atoms with Crippen LogP contribution in [0, 0.1) is 0 Å². The highest BCUT2D eigenvalue weighted by Gasteiger charge is 2.14. The smallest absolute Gasteiger partial charge is 0.356 e. The minimum absolute atomic E-state index is 0.118. The van der Waals surface area contributed by atoms with Crippen LogP contribution < -0.4 is 5.32 Å². The molecule has 5 nitrogen and oxygen atoms in total. The molecule has 0 spiro atoms. The molecule has 0 amide bonds. The fourth-order valence-corrected chi connectivity index (χ4v) is 0.820. The zero-order valence-electron chi connectivity index (χ0n) is 7.82. The number of alkyl halides is 2. The molecule has 0 fully saturated rings. The van der Waals surface area contributed by atoms with Gasteiger partial charge in [-0.2, -0.15) is 0 Å². The SMILES string of the molecule is CC(Nc1ccc(C(=O)O)nn1)C(F)F. The number of carboxylic acid groups (broad SMARTS) is 1. The number of anilines is 1. The van der Waals surface area contributed by atoms with Crippen LogP contribution in [0.15, 0.2) is 12.1 Å². The van der Waals surface area contributed by atoms with Gasteiger partial charge in [0.25, 0.3) is 6.43 Å². The maximum absolute atomic E-state index is 12.1. The molecule has 15 heavy (non-hydrogen) atoms. The number of hydrogen-bond acceptors (Lipinski definition) is 4. The summed E-state index contributed by atoms with van der Waals surface area (Å²) in [5.41, 5.74) is -0.231. The third-order valence-corrected chi connectivity index (χ3v) is 1.64. The van der Waals surface area contributed by atoms with Gasteiger partial charge in [-0.3, -0.25) is 0 Å². The molecule has 1 unspecified atom stereocenters. The van der Waals surface area contributed by atoms with Gasteiger partial charge in [-0.15, -0.1) is 10.2 Å². The zero-order chi connectivity index (χ0) is 11.4. The number of aromatic carboxylic acids is 1. The van der Waals surface area contributed by atoms with Crippen LogP contribution in [0.4, 0.5) is 14.6 Å². The van der Waals surface area contributed by atoms with Gasteiger partial charge < -0.3 is 10.4 Å². The standard InChI is InChI=1S/C8H9F2N3O2/c1-4(7(9)10)11-6-3-2-5(8(14)15)12-13-6/h2-4,7H,1H3,(H,11,13)(H,14,15). The Kier molecular flexibility index (Phi) is 3.48. The molecule has 0 saturated heterocycles. The summed E-state index contributed by atoms with van der Waals surface area (Å²) in [7, 11) is 0. The Hall–Kier alpha value is -1.79. The van der Waals surface area contributed by atoms with Gasteiger partial charge >= 0.3 is 5.97 Å². The lowest BCUT2D eigenvalue weighted by Gasteiger charge is -2.12. The Balaban J connectivity index is 2.68. The van der Waals surface area contributed by atoms with E-state index in [-0.39, 0.29) is 11.5 Å². The fourth-order valence-electron chi connectivity index (χ4n) is 0.820. The van der Waals surface area contributed by atoms with Crippen LogP contribution in [0.5, 0.6) is 0 Å². The van der Waals surface area contributed by atoms with E-state index in [9.17, 15) is 13.6 Å². The molecule has 1 aromatic heterocycles. The van der Waals surface area contributed by atoms with Crippen LogP contribution in [0.1, 0.15) is 17.4 Å². The number of nitrogens with zero attached hydrogens (tertiary/aromatic N) is 2. The van der Waals surface area contributed by atoms with E-state index in [2.05, 4.69) is 15.5 Å². The highest BCUT2D eigenvalue weighted by molar-refractivity contribution is 5.85. The molecule has 2 N–H and O–H groups in total. The van der Waals surface area contributed by atoms with Crippen molar-refractivity contribution in [3.63, 3.8) is 0 Å². The minimum Gasteiger partial charge on any atom is -0.476 e. The van der Waals surface area contributed by atoms with Gasteiger partial charge in [-0.05, 0) is 19.1 Å². The predicted octanol–water partition coefficient (Wildman–Crippen LogP) is 1.24. The Bertz CT molecular complexity index is 342. The lowest BCUT2D eigenvalue weighted by atomic mass is 10.3. The summed E-state index contributed by atoms with van der Waals surface area (Å²) in [6.45, 7) is 1.29. The molecule has 0 bridgehead atoms. The minimum atomic E-state index is -2.52. The third-order valence-electron chi connectivity index (χ3n) is 1.64. The van der Waals surface area contributed by atoms with Gasteiger partial charge in [-0.25, -0.2) is 13.6 Å². The molecular formula is C8H9F2N3O2. The average molecular weight is 217 g/mol. The van der Waals surface area contributed by atoms with Crippen molar-refractivity contribution in [1.82, 2.24) is 10.2 Å². The van der Waals surface area contributed by atoms with Crippen molar-refractivity contribution >= 4 is 11.8 Å². The molecule has 7 heteroatoms. The number of carboxylic acids is 1. The molecular weight excluding hydrogens is 208 g/mol. The van der Waals surface area contributed by atoms with Crippen molar-refractivity contribution < 1.29 is 18.7 Å². The molecule has 1 rings (SSSR count). The summed E-state index contributed by atoms with van der Waals surface area (Å²) in [5.74, 6) is -1.09. The molecule has 0 aliphatic heterocycles. The zero-order valence-corrected chi connectivity index (χ0v) is 7.82. The van der Waals surface area contributed by atoms with Crippen molar-refractivity contribution in [1.29, 1.82) is 0 Å². The number of halogens is 2. The summed E-state index contributed by atoms with van der Waals surface area (Å²) >= 11 is 0. The van der Waals surface area contributed by atoms with Crippen molar-refractivity contribution in [3.8, 4) is 0 Å². The molecule has 82 valence electrons. The van der Waals surface area contributed by atoms with Crippen molar-refractivity contribution in [3.05, 3.63) is 17.8 Å². The van der Waals surface area contributed by atoms with Gasteiger partial charge in [0, 0.05) is 0 Å². The molecule has 0 radical (unpaired) electrons. The second-order valence-corrected chi connectivity index (χ2v) is 2.88. The van der Waals surface area contributed by atoms with Crippen LogP contribution in [-0.4, -0.2) is 33.7 Å². The Morgan fingerprint density at radius 2 is 2.13 bits per heavy atom. The second kappa shape index (κ2) is 4.63. The van der Waals surface area contributed by atoms with Gasteiger partial charge in [0.05, 0.1) is 6.04 Å². The van der Waals surface area contributed by atoms with E-state index in [1.165, 1.54) is 19.1 Å². The topological polar surface area (TPSA) is 75.1 Å². The highest BCUT2D eigenvalue weighted by atomic mass is 19.3. The van der Waals surface area contributed by atoms with E-state index in [0.29, 0.717) is 0 Å². The van der Waals surface area contributed by atoms with E-state index in [1.807, 2.05) is 0 Å². The summed E-state index contributed by atoms with van der Waals surface area (Å²) in [6, 6.07) is 1.42. The van der Waals surface area contributed by atoms with Gasteiger partial charge in [-0.1, -0.05) is 0 Å². The van der Waals surface area contributed by atoms with Crippen molar-refractivity contribution in [2.75, 3.05) is 5.32 Å². The first-order chi connectivity index (χ1) is 7.00. The molecule has 1 heterocycles. The summed E-state index contributed by atoms with van der Waals surface area (Å²) in [4.78, 5) is 10.4. The molecule has 1 aromatic rings. The maximum atomic E-state index is 12.1. The van der Waals surface area contributed by atoms with E-state index >= 15 is 0 Å². The Morgan fingerprint density at radius 3 is 2.53 bits per heavy atom. The molecule has 0 saturated carbocycles. The molecule has 0 aliphatic carbocycles. The number of rotatable bonds is 4. The highest BCUT2D eigenvalue weighted by Crippen LogP contribution is 2.08. The van der Waals surface area contributed by atoms with E-state index < -0.39 is 18.4 Å². The van der Waals surface area contributed by atoms with E-state index in [0.717, 1.165) is 0 Å². The van der Waals surface area contributed by atoms with Crippen LogP contribution in [0.3, 0.4) is 0 Å². The third kappa shape index (κ3) is 3.12. The number of hydrogen-bond donors (Lipinski definition) is 2. The fraction of sp³-hybridized carbons (Fsp3) is 0.375. The summed E-state index contributed by atoms with van der Waals surface area (Å²) in [5, 5.41) is 17.7. The summed E-state index contributed by atoms with van der Waals surface area (Å²) in [6.07, 6.45) is -2.52.